The summed E-state index contributed by atoms with van der Waals surface area (Å²) in [7, 11) is 3.90. The summed E-state index contributed by atoms with van der Waals surface area (Å²) >= 11 is 6.12. The van der Waals surface area contributed by atoms with Gasteiger partial charge in [-0.25, -0.2) is 4.68 Å². The van der Waals surface area contributed by atoms with Crippen LogP contribution in [0.5, 0.6) is 0 Å². The van der Waals surface area contributed by atoms with Crippen molar-refractivity contribution < 1.29 is 4.74 Å². The Balaban J connectivity index is 2.00. The minimum absolute atomic E-state index is 0.206. The molecule has 2 heterocycles. The molecule has 20 heavy (non-hydrogen) atoms. The number of anilines is 1. The number of aromatic nitrogens is 2. The molecule has 112 valence electrons. The standard InChI is InChI=1S/C13H21ClN4O2/c1-17(2)4-5-18-13(19)12(14)11(8-16-18)15-7-10-3-6-20-9-10/h8,10,15H,3-7,9H2,1-2H3. The van der Waals surface area contributed by atoms with E-state index < -0.39 is 0 Å². The Labute approximate surface area is 123 Å². The molecule has 1 saturated heterocycles. The van der Waals surface area contributed by atoms with E-state index in [9.17, 15) is 4.79 Å². The van der Waals surface area contributed by atoms with Gasteiger partial charge in [0.05, 0.1) is 25.0 Å². The minimum atomic E-state index is -0.249. The molecule has 0 spiro atoms. The van der Waals surface area contributed by atoms with Gasteiger partial charge in [0.2, 0.25) is 0 Å². The first-order chi connectivity index (χ1) is 9.58. The zero-order valence-electron chi connectivity index (χ0n) is 11.9. The zero-order chi connectivity index (χ0) is 14.5. The van der Waals surface area contributed by atoms with Crippen molar-refractivity contribution in [3.05, 3.63) is 21.6 Å². The van der Waals surface area contributed by atoms with Gasteiger partial charge in [-0.05, 0) is 20.5 Å². The Morgan fingerprint density at radius 1 is 1.60 bits per heavy atom. The predicted molar refractivity (Wildman–Crippen MR) is 79.5 cm³/mol. The third-order valence-corrected chi connectivity index (χ3v) is 3.71. The molecule has 7 heteroatoms. The van der Waals surface area contributed by atoms with Gasteiger partial charge in [0.15, 0.2) is 0 Å². The Kier molecular flexibility index (Phi) is 5.39. The molecular formula is C13H21ClN4O2. The fourth-order valence-electron chi connectivity index (χ4n) is 2.04. The van der Waals surface area contributed by atoms with E-state index in [1.165, 1.54) is 4.68 Å². The predicted octanol–water partition coefficient (Wildman–Crippen LogP) is 0.907. The van der Waals surface area contributed by atoms with Crippen molar-refractivity contribution in [2.45, 2.75) is 13.0 Å². The summed E-state index contributed by atoms with van der Waals surface area (Å²) in [6.07, 6.45) is 2.66. The largest absolute Gasteiger partial charge is 0.382 e. The Morgan fingerprint density at radius 2 is 2.40 bits per heavy atom. The van der Waals surface area contributed by atoms with Gasteiger partial charge in [0, 0.05) is 25.6 Å². The van der Waals surface area contributed by atoms with Crippen LogP contribution in [0.3, 0.4) is 0 Å². The van der Waals surface area contributed by atoms with E-state index in [1.54, 1.807) is 6.20 Å². The van der Waals surface area contributed by atoms with Crippen LogP contribution in [-0.2, 0) is 11.3 Å². The second kappa shape index (κ2) is 7.06. The van der Waals surface area contributed by atoms with E-state index in [0.717, 1.165) is 32.7 Å². The number of hydrogen-bond acceptors (Lipinski definition) is 5. The average Bonchev–Trinajstić information content (AvgIpc) is 2.92. The summed E-state index contributed by atoms with van der Waals surface area (Å²) < 4.78 is 6.71. The highest BCUT2D eigenvalue weighted by molar-refractivity contribution is 6.32. The van der Waals surface area contributed by atoms with Crippen LogP contribution in [0, 0.1) is 5.92 Å². The van der Waals surface area contributed by atoms with Crippen LogP contribution < -0.4 is 10.9 Å². The second-order valence-corrected chi connectivity index (χ2v) is 5.69. The van der Waals surface area contributed by atoms with E-state index in [0.29, 0.717) is 18.2 Å². The molecule has 6 nitrogen and oxygen atoms in total. The molecule has 1 atom stereocenters. The first kappa shape index (κ1) is 15.3. The van der Waals surface area contributed by atoms with Crippen molar-refractivity contribution in [3.8, 4) is 0 Å². The lowest BCUT2D eigenvalue weighted by atomic mass is 10.1. The van der Waals surface area contributed by atoms with Crippen LogP contribution in [0.15, 0.2) is 11.0 Å². The van der Waals surface area contributed by atoms with Crippen LogP contribution in [0.4, 0.5) is 5.69 Å². The number of likely N-dealkylation sites (N-methyl/N-ethyl adjacent to an activating group) is 1. The molecule has 1 aromatic heterocycles. The Morgan fingerprint density at radius 3 is 3.05 bits per heavy atom. The smallest absolute Gasteiger partial charge is 0.287 e. The fourth-order valence-corrected chi connectivity index (χ4v) is 2.25. The second-order valence-electron chi connectivity index (χ2n) is 5.31. The van der Waals surface area contributed by atoms with E-state index in [1.807, 2.05) is 19.0 Å². The van der Waals surface area contributed by atoms with Gasteiger partial charge in [-0.15, -0.1) is 0 Å². The molecule has 2 rings (SSSR count). The SMILES string of the molecule is CN(C)CCn1ncc(NCC2CCOC2)c(Cl)c1=O. The lowest BCUT2D eigenvalue weighted by Crippen LogP contribution is -2.29. The maximum Gasteiger partial charge on any atom is 0.287 e. The summed E-state index contributed by atoms with van der Waals surface area (Å²) in [5, 5.41) is 7.55. The van der Waals surface area contributed by atoms with Crippen LogP contribution in [-0.4, -0.2) is 55.1 Å². The maximum atomic E-state index is 12.1. The molecule has 0 aliphatic carbocycles. The molecule has 1 fully saturated rings. The number of rotatable bonds is 6. The van der Waals surface area contributed by atoms with Crippen molar-refractivity contribution in [2.24, 2.45) is 5.92 Å². The maximum absolute atomic E-state index is 12.1. The van der Waals surface area contributed by atoms with Crippen LogP contribution in [0.2, 0.25) is 5.02 Å². The van der Waals surface area contributed by atoms with Gasteiger partial charge < -0.3 is 15.0 Å². The highest BCUT2D eigenvalue weighted by Crippen LogP contribution is 2.18. The quantitative estimate of drug-likeness (QED) is 0.846. The van der Waals surface area contributed by atoms with E-state index in [-0.39, 0.29) is 10.6 Å². The molecule has 1 unspecified atom stereocenters. The number of hydrogen-bond donors (Lipinski definition) is 1. The molecule has 0 saturated carbocycles. The third kappa shape index (κ3) is 3.94. The lowest BCUT2D eigenvalue weighted by Gasteiger charge is -2.14. The normalized spacial score (nSPS) is 18.7. The molecule has 0 radical (unpaired) electrons. The highest BCUT2D eigenvalue weighted by atomic mass is 35.5. The fraction of sp³-hybridized carbons (Fsp3) is 0.692. The molecule has 0 aromatic carbocycles. The molecule has 0 bridgehead atoms. The van der Waals surface area contributed by atoms with Crippen molar-refractivity contribution in [1.29, 1.82) is 0 Å². The lowest BCUT2D eigenvalue weighted by molar-refractivity contribution is 0.187. The van der Waals surface area contributed by atoms with E-state index in [2.05, 4.69) is 10.4 Å². The Hall–Kier alpha value is -1.11. The van der Waals surface area contributed by atoms with Gasteiger partial charge in [0.25, 0.3) is 5.56 Å². The third-order valence-electron chi connectivity index (χ3n) is 3.35. The van der Waals surface area contributed by atoms with Crippen molar-refractivity contribution in [3.63, 3.8) is 0 Å². The summed E-state index contributed by atoms with van der Waals surface area (Å²) in [4.78, 5) is 14.1. The van der Waals surface area contributed by atoms with Gasteiger partial charge >= 0.3 is 0 Å². The minimum Gasteiger partial charge on any atom is -0.382 e. The first-order valence-electron chi connectivity index (χ1n) is 6.80. The topological polar surface area (TPSA) is 59.4 Å². The van der Waals surface area contributed by atoms with Crippen molar-refractivity contribution >= 4 is 17.3 Å². The number of nitrogens with zero attached hydrogens (tertiary/aromatic N) is 3. The number of ether oxygens (including phenoxy) is 1. The number of nitrogens with one attached hydrogen (secondary N) is 1. The number of halogens is 1. The molecule has 1 aliphatic rings. The summed E-state index contributed by atoms with van der Waals surface area (Å²) in [5.41, 5.74) is 0.353. The van der Waals surface area contributed by atoms with Crippen molar-refractivity contribution in [1.82, 2.24) is 14.7 Å². The van der Waals surface area contributed by atoms with Gasteiger partial charge in [-0.1, -0.05) is 11.6 Å². The zero-order valence-corrected chi connectivity index (χ0v) is 12.7. The van der Waals surface area contributed by atoms with Gasteiger partial charge in [-0.3, -0.25) is 4.79 Å². The summed E-state index contributed by atoms with van der Waals surface area (Å²) in [6, 6.07) is 0. The average molecular weight is 301 g/mol. The molecule has 1 aromatic rings. The molecule has 0 amide bonds. The molecular weight excluding hydrogens is 280 g/mol. The monoisotopic (exact) mass is 300 g/mol. The van der Waals surface area contributed by atoms with Crippen molar-refractivity contribution in [2.75, 3.05) is 45.7 Å². The van der Waals surface area contributed by atoms with E-state index in [4.69, 9.17) is 16.3 Å². The summed E-state index contributed by atoms with van der Waals surface area (Å²) in [6.45, 7) is 3.60. The van der Waals surface area contributed by atoms with Gasteiger partial charge in [-0.2, -0.15) is 5.10 Å². The van der Waals surface area contributed by atoms with Gasteiger partial charge in [0.1, 0.15) is 5.02 Å². The molecule has 1 N–H and O–H groups in total. The van der Waals surface area contributed by atoms with Crippen LogP contribution in [0.25, 0.3) is 0 Å². The highest BCUT2D eigenvalue weighted by Gasteiger charge is 2.16. The van der Waals surface area contributed by atoms with Crippen LogP contribution >= 0.6 is 11.6 Å². The van der Waals surface area contributed by atoms with E-state index >= 15 is 0 Å². The summed E-state index contributed by atoms with van der Waals surface area (Å²) in [5.74, 6) is 0.474. The van der Waals surface area contributed by atoms with Crippen LogP contribution in [0.1, 0.15) is 6.42 Å². The molecule has 1 aliphatic heterocycles. The Bertz CT molecular complexity index is 498. The first-order valence-corrected chi connectivity index (χ1v) is 7.17.